The summed E-state index contributed by atoms with van der Waals surface area (Å²) in [5.41, 5.74) is 1.58. The molecular weight excluding hydrogens is 470 g/mol. The van der Waals surface area contributed by atoms with Gasteiger partial charge in [-0.3, -0.25) is 19.7 Å². The largest absolute Gasteiger partial charge is 0.486 e. The monoisotopic (exact) mass is 495 g/mol. The summed E-state index contributed by atoms with van der Waals surface area (Å²) in [4.78, 5) is 39.2. The van der Waals surface area contributed by atoms with E-state index >= 15 is 0 Å². The van der Waals surface area contributed by atoms with Crippen molar-refractivity contribution in [1.82, 2.24) is 4.90 Å². The Kier molecular flexibility index (Phi) is 6.45. The van der Waals surface area contributed by atoms with Crippen LogP contribution in [0.3, 0.4) is 0 Å². The lowest BCUT2D eigenvalue weighted by molar-refractivity contribution is -0.384. The van der Waals surface area contributed by atoms with Crippen LogP contribution in [0.5, 0.6) is 5.75 Å². The van der Waals surface area contributed by atoms with Gasteiger partial charge in [-0.05, 0) is 41.8 Å². The molecule has 37 heavy (non-hydrogen) atoms. The molecule has 0 N–H and O–H groups in total. The molecule has 0 bridgehead atoms. The van der Waals surface area contributed by atoms with Gasteiger partial charge in [0.05, 0.1) is 22.5 Å². The molecule has 8 heteroatoms. The molecule has 186 valence electrons. The second-order valence-electron chi connectivity index (χ2n) is 9.46. The number of hydrogen-bond acceptors (Lipinski definition) is 6. The number of ketones is 1. The summed E-state index contributed by atoms with van der Waals surface area (Å²) in [6.07, 6.45) is 1.55. The molecule has 2 aliphatic rings. The molecule has 2 heterocycles. The van der Waals surface area contributed by atoms with E-state index in [9.17, 15) is 25.0 Å². The number of nitriles is 1. The Morgan fingerprint density at radius 2 is 1.78 bits per heavy atom. The number of non-ortho nitro benzene ring substituents is 1. The Morgan fingerprint density at radius 1 is 1.05 bits per heavy atom. The van der Waals surface area contributed by atoms with Crippen LogP contribution in [-0.4, -0.2) is 40.2 Å². The van der Waals surface area contributed by atoms with Crippen LogP contribution in [0.1, 0.15) is 46.4 Å². The Balaban J connectivity index is 1.45. The number of hydrogen-bond donors (Lipinski definition) is 0. The van der Waals surface area contributed by atoms with Crippen molar-refractivity contribution in [3.63, 3.8) is 0 Å². The molecule has 1 unspecified atom stereocenters. The van der Waals surface area contributed by atoms with E-state index in [1.807, 2.05) is 18.2 Å². The van der Waals surface area contributed by atoms with Gasteiger partial charge < -0.3 is 9.64 Å². The van der Waals surface area contributed by atoms with Gasteiger partial charge in [0.25, 0.3) is 11.6 Å². The molecule has 1 saturated heterocycles. The number of Topliss-reactive ketones (excluding diaryl/α,β-unsaturated/α-hetero) is 1. The van der Waals surface area contributed by atoms with E-state index in [2.05, 4.69) is 6.07 Å². The third-order valence-corrected chi connectivity index (χ3v) is 7.36. The highest BCUT2D eigenvalue weighted by atomic mass is 16.6. The van der Waals surface area contributed by atoms with Crippen LogP contribution in [-0.2, 0) is 0 Å². The quantitative estimate of drug-likeness (QED) is 0.344. The zero-order chi connectivity index (χ0) is 26.0. The maximum absolute atomic E-state index is 13.7. The van der Waals surface area contributed by atoms with Crippen LogP contribution in [0.25, 0.3) is 11.1 Å². The number of benzene rings is 3. The molecule has 2 aliphatic heterocycles. The summed E-state index contributed by atoms with van der Waals surface area (Å²) in [6.45, 7) is 0.869. The molecule has 0 aromatic heterocycles. The van der Waals surface area contributed by atoms with Crippen molar-refractivity contribution in [1.29, 1.82) is 5.26 Å². The number of nitro benzene ring substituents is 1. The third-order valence-electron chi connectivity index (χ3n) is 7.36. The van der Waals surface area contributed by atoms with Crippen LogP contribution < -0.4 is 4.74 Å². The fourth-order valence-corrected chi connectivity index (χ4v) is 5.41. The molecule has 1 spiro atoms. The van der Waals surface area contributed by atoms with Gasteiger partial charge in [-0.2, -0.15) is 5.26 Å². The molecule has 1 amide bonds. The molecule has 0 aliphatic carbocycles. The second-order valence-corrected chi connectivity index (χ2v) is 9.46. The Hall–Kier alpha value is -4.51. The number of likely N-dealkylation sites (tertiary alicyclic amines) is 1. The van der Waals surface area contributed by atoms with E-state index in [-0.39, 0.29) is 23.8 Å². The lowest BCUT2D eigenvalue weighted by Gasteiger charge is -2.48. The first-order chi connectivity index (χ1) is 17.9. The van der Waals surface area contributed by atoms with E-state index < -0.39 is 16.4 Å². The maximum atomic E-state index is 13.7. The van der Waals surface area contributed by atoms with Gasteiger partial charge in [0.1, 0.15) is 11.4 Å². The van der Waals surface area contributed by atoms with Gasteiger partial charge >= 0.3 is 0 Å². The van der Waals surface area contributed by atoms with Crippen molar-refractivity contribution in [2.45, 2.75) is 31.3 Å². The average molecular weight is 496 g/mol. The number of rotatable bonds is 5. The van der Waals surface area contributed by atoms with Gasteiger partial charge in [-0.25, -0.2) is 0 Å². The van der Waals surface area contributed by atoms with Crippen LogP contribution in [0.2, 0.25) is 0 Å². The van der Waals surface area contributed by atoms with Crippen molar-refractivity contribution in [3.05, 3.63) is 94.0 Å². The van der Waals surface area contributed by atoms with Crippen LogP contribution >= 0.6 is 0 Å². The second kappa shape index (κ2) is 9.86. The zero-order valence-corrected chi connectivity index (χ0v) is 20.1. The SMILES string of the molecule is N#CCCC1C(=O)c2ccc(-c3cccc([N+](=O)[O-])c3)cc2OC12CCN(C(=O)c1ccccc1)CC2. The maximum Gasteiger partial charge on any atom is 0.270 e. The van der Waals surface area contributed by atoms with Crippen LogP contribution in [0.15, 0.2) is 72.8 Å². The first-order valence-corrected chi connectivity index (χ1v) is 12.3. The summed E-state index contributed by atoms with van der Waals surface area (Å²) < 4.78 is 6.61. The number of piperidine rings is 1. The van der Waals surface area contributed by atoms with Gasteiger partial charge in [0, 0.05) is 50.0 Å². The topological polar surface area (TPSA) is 114 Å². The molecule has 3 aromatic rings. The summed E-state index contributed by atoms with van der Waals surface area (Å²) in [7, 11) is 0. The highest BCUT2D eigenvalue weighted by Gasteiger charge is 2.51. The smallest absolute Gasteiger partial charge is 0.270 e. The lowest BCUT2D eigenvalue weighted by Crippen LogP contribution is -2.57. The third kappa shape index (κ3) is 4.56. The van der Waals surface area contributed by atoms with E-state index in [0.717, 1.165) is 0 Å². The van der Waals surface area contributed by atoms with Gasteiger partial charge in [0.2, 0.25) is 0 Å². The Labute approximate surface area is 214 Å². The van der Waals surface area contributed by atoms with E-state index in [0.29, 0.717) is 60.4 Å². The predicted molar refractivity (Wildman–Crippen MR) is 136 cm³/mol. The first kappa shape index (κ1) is 24.2. The van der Waals surface area contributed by atoms with Gasteiger partial charge in [-0.1, -0.05) is 36.4 Å². The van der Waals surface area contributed by atoms with E-state index in [1.54, 1.807) is 47.4 Å². The molecule has 8 nitrogen and oxygen atoms in total. The predicted octanol–water partition coefficient (Wildman–Crippen LogP) is 5.43. The highest BCUT2D eigenvalue weighted by molar-refractivity contribution is 6.03. The molecule has 1 atom stereocenters. The lowest BCUT2D eigenvalue weighted by atomic mass is 9.71. The minimum absolute atomic E-state index is 0.0179. The summed E-state index contributed by atoms with van der Waals surface area (Å²) in [5, 5.41) is 20.5. The number of nitrogens with zero attached hydrogens (tertiary/aromatic N) is 3. The summed E-state index contributed by atoms with van der Waals surface area (Å²) in [5.74, 6) is -0.174. The number of fused-ring (bicyclic) bond motifs is 1. The standard InChI is InChI=1S/C29H25N3O5/c30-15-5-10-25-27(33)24-12-11-22(21-8-4-9-23(18-21)32(35)36)19-26(24)37-29(25)13-16-31(17-14-29)28(34)20-6-2-1-3-7-20/h1-4,6-9,11-12,18-19,25H,5,10,13-14,16-17H2. The molecule has 5 rings (SSSR count). The number of carbonyl (C=O) groups excluding carboxylic acids is 2. The average Bonchev–Trinajstić information content (AvgIpc) is 2.93. The minimum Gasteiger partial charge on any atom is -0.486 e. The van der Waals surface area contributed by atoms with Gasteiger partial charge in [0.15, 0.2) is 5.78 Å². The fourth-order valence-electron chi connectivity index (χ4n) is 5.41. The zero-order valence-electron chi connectivity index (χ0n) is 20.1. The van der Waals surface area contributed by atoms with E-state index in [1.165, 1.54) is 12.1 Å². The van der Waals surface area contributed by atoms with Crippen molar-refractivity contribution >= 4 is 17.4 Å². The summed E-state index contributed by atoms with van der Waals surface area (Å²) >= 11 is 0. The van der Waals surface area contributed by atoms with E-state index in [4.69, 9.17) is 4.74 Å². The van der Waals surface area contributed by atoms with Gasteiger partial charge in [-0.15, -0.1) is 0 Å². The normalized spacial score (nSPS) is 18.0. The molecular formula is C29H25N3O5. The number of carbonyl (C=O) groups is 2. The molecule has 0 saturated carbocycles. The number of ether oxygens (including phenoxy) is 1. The van der Waals surface area contributed by atoms with Crippen molar-refractivity contribution in [2.75, 3.05) is 13.1 Å². The van der Waals surface area contributed by atoms with Crippen LogP contribution in [0, 0.1) is 27.4 Å². The summed E-state index contributed by atoms with van der Waals surface area (Å²) in [6, 6.07) is 22.8. The van der Waals surface area contributed by atoms with Crippen molar-refractivity contribution in [2.24, 2.45) is 5.92 Å². The molecule has 1 fully saturated rings. The Morgan fingerprint density at radius 3 is 2.49 bits per heavy atom. The minimum atomic E-state index is -0.824. The number of nitro groups is 1. The van der Waals surface area contributed by atoms with Crippen molar-refractivity contribution in [3.8, 4) is 22.9 Å². The highest BCUT2D eigenvalue weighted by Crippen LogP contribution is 2.46. The molecule has 3 aromatic carbocycles. The fraction of sp³-hybridized carbons (Fsp3) is 0.276. The molecule has 0 radical (unpaired) electrons. The first-order valence-electron chi connectivity index (χ1n) is 12.3. The van der Waals surface area contributed by atoms with Crippen molar-refractivity contribution < 1.29 is 19.2 Å². The number of amides is 1. The van der Waals surface area contributed by atoms with Crippen LogP contribution in [0.4, 0.5) is 5.69 Å². The Bertz CT molecular complexity index is 1400.